The molecule has 0 saturated heterocycles. The Balaban J connectivity index is 2.06. The number of carbonyl (C=O) groups is 1. The molecule has 1 heterocycles. The van der Waals surface area contributed by atoms with E-state index in [1.807, 2.05) is 22.6 Å². The molecule has 0 aliphatic carbocycles. The number of nitrogens with one attached hydrogen (secondary N) is 1. The zero-order valence-electron chi connectivity index (χ0n) is 19.1. The summed E-state index contributed by atoms with van der Waals surface area (Å²) in [6, 6.07) is 5.92. The second kappa shape index (κ2) is 11.6. The van der Waals surface area contributed by atoms with Gasteiger partial charge in [-0.3, -0.25) is 4.79 Å². The van der Waals surface area contributed by atoms with E-state index in [1.165, 1.54) is 19.2 Å². The lowest BCUT2D eigenvalue weighted by molar-refractivity contribution is 0.100. The molecule has 15 heteroatoms. The number of methoxy groups -OCH3 is 1. The monoisotopic (exact) mass is 653 g/mol. The number of amides is 1. The Kier molecular flexibility index (Phi) is 8.93. The van der Waals surface area contributed by atoms with Crippen molar-refractivity contribution in [2.75, 3.05) is 29.9 Å². The number of hydrogen-bond donors (Lipinski definition) is 3. The Morgan fingerprint density at radius 2 is 1.81 bits per heavy atom. The molecular weight excluding hydrogens is 633 g/mol. The number of rotatable bonds is 10. The summed E-state index contributed by atoms with van der Waals surface area (Å²) in [7, 11) is -3.17. The Hall–Kier alpha value is -3.02. The molecule has 0 bridgehead atoms. The minimum absolute atomic E-state index is 0.140. The fourth-order valence-electron chi connectivity index (χ4n) is 3.36. The molecule has 0 radical (unpaired) electrons. The van der Waals surface area contributed by atoms with Gasteiger partial charge < -0.3 is 15.8 Å². The molecule has 0 saturated carbocycles. The fourth-order valence-corrected chi connectivity index (χ4v) is 4.51. The average Bonchev–Trinajstić information content (AvgIpc) is 2.81. The second-order valence-electron chi connectivity index (χ2n) is 7.59. The van der Waals surface area contributed by atoms with Crippen LogP contribution in [0.5, 0.6) is 0 Å². The van der Waals surface area contributed by atoms with Gasteiger partial charge in [0.25, 0.3) is 16.1 Å². The fraction of sp³-hybridized carbons (Fsp3) is 0.182. The first kappa shape index (κ1) is 28.5. The van der Waals surface area contributed by atoms with Crippen LogP contribution in [0.25, 0.3) is 0 Å². The number of nitrogens with two attached hydrogens (primary N) is 2. The first-order valence-electron chi connectivity index (χ1n) is 10.3. The van der Waals surface area contributed by atoms with Gasteiger partial charge in [-0.2, -0.15) is 8.42 Å². The molecule has 37 heavy (non-hydrogen) atoms. The number of pyridine rings is 1. The van der Waals surface area contributed by atoms with E-state index in [0.717, 1.165) is 24.4 Å². The van der Waals surface area contributed by atoms with Crippen LogP contribution in [0.1, 0.15) is 21.5 Å². The molecule has 0 fully saturated rings. The molecule has 198 valence electrons. The van der Waals surface area contributed by atoms with Crippen LogP contribution in [0.2, 0.25) is 0 Å². The number of carbonyl (C=O) groups excluding carboxylic acids is 1. The lowest BCUT2D eigenvalue weighted by Crippen LogP contribution is -2.40. The number of hydrogen-bond acceptors (Lipinski definition) is 6. The van der Waals surface area contributed by atoms with Gasteiger partial charge in [0.05, 0.1) is 30.1 Å². The van der Waals surface area contributed by atoms with Crippen molar-refractivity contribution >= 4 is 55.9 Å². The standard InChI is InChI=1S/C22H20F4IN5O4S/c1-36-7-6-32(37(29,34)35)22-18(25)11(4-5-30-22)8-12-9-14(21(28)33)20(19(26)17(12)24)31-16-3-2-13(27)10-15(16)23/h2-5,9-10,31H,6-8H2,1H3,(H2,28,33)(H2,29,34,35). The van der Waals surface area contributed by atoms with Crippen molar-refractivity contribution in [1.82, 2.24) is 4.98 Å². The molecule has 2 aromatic carbocycles. The van der Waals surface area contributed by atoms with E-state index in [9.17, 15) is 17.6 Å². The predicted molar refractivity (Wildman–Crippen MR) is 137 cm³/mol. The molecule has 1 aromatic heterocycles. The third-order valence-corrected chi connectivity index (χ3v) is 6.75. The largest absolute Gasteiger partial charge is 0.383 e. The van der Waals surface area contributed by atoms with E-state index in [2.05, 4.69) is 10.3 Å². The lowest BCUT2D eigenvalue weighted by Gasteiger charge is -2.21. The summed E-state index contributed by atoms with van der Waals surface area (Å²) in [4.78, 5) is 15.8. The SMILES string of the molecule is COCCN(c1nccc(Cc2cc(C(N)=O)c(Nc3ccc(I)cc3F)c(F)c2F)c1F)S(N)(=O)=O. The predicted octanol–water partition coefficient (Wildman–Crippen LogP) is 3.33. The van der Waals surface area contributed by atoms with Gasteiger partial charge >= 0.3 is 0 Å². The zero-order chi connectivity index (χ0) is 27.5. The van der Waals surface area contributed by atoms with Crippen LogP contribution < -0.4 is 20.5 Å². The van der Waals surface area contributed by atoms with Crippen LogP contribution in [0, 0.1) is 26.8 Å². The number of ether oxygens (including phenoxy) is 1. The summed E-state index contributed by atoms with van der Waals surface area (Å²) < 4.78 is 89.4. The minimum Gasteiger partial charge on any atom is -0.383 e. The number of primary amides is 1. The number of benzene rings is 2. The van der Waals surface area contributed by atoms with Gasteiger partial charge in [0, 0.05) is 23.3 Å². The van der Waals surface area contributed by atoms with E-state index in [0.29, 0.717) is 7.88 Å². The van der Waals surface area contributed by atoms with Crippen molar-refractivity contribution < 1.29 is 35.5 Å². The summed E-state index contributed by atoms with van der Waals surface area (Å²) in [5, 5.41) is 7.50. The highest BCUT2D eigenvalue weighted by Crippen LogP contribution is 2.32. The number of nitrogens with zero attached hydrogens (tertiary/aromatic N) is 2. The molecule has 5 N–H and O–H groups in total. The first-order chi connectivity index (χ1) is 17.3. The van der Waals surface area contributed by atoms with Gasteiger partial charge in [0.1, 0.15) is 5.82 Å². The van der Waals surface area contributed by atoms with E-state index in [1.54, 1.807) is 0 Å². The highest BCUT2D eigenvalue weighted by Gasteiger charge is 2.27. The maximum atomic E-state index is 15.3. The Bertz CT molecular complexity index is 1460. The summed E-state index contributed by atoms with van der Waals surface area (Å²) >= 11 is 1.86. The maximum Gasteiger partial charge on any atom is 0.300 e. The molecule has 3 rings (SSSR count). The van der Waals surface area contributed by atoms with Crippen molar-refractivity contribution in [3.63, 3.8) is 0 Å². The zero-order valence-corrected chi connectivity index (χ0v) is 22.0. The maximum absolute atomic E-state index is 15.3. The van der Waals surface area contributed by atoms with Crippen LogP contribution in [-0.2, 0) is 21.4 Å². The molecule has 1 amide bonds. The molecule has 0 spiro atoms. The molecular formula is C22H20F4IN5O4S. The molecule has 3 aromatic rings. The molecule has 0 aliphatic heterocycles. The Morgan fingerprint density at radius 1 is 1.11 bits per heavy atom. The summed E-state index contributed by atoms with van der Waals surface area (Å²) in [6.45, 7) is -0.508. The van der Waals surface area contributed by atoms with Gasteiger partial charge in [0.15, 0.2) is 23.3 Å². The van der Waals surface area contributed by atoms with Gasteiger partial charge in [0.2, 0.25) is 0 Å². The first-order valence-corrected chi connectivity index (χ1v) is 12.9. The van der Waals surface area contributed by atoms with Crippen molar-refractivity contribution in [2.24, 2.45) is 10.9 Å². The van der Waals surface area contributed by atoms with Crippen molar-refractivity contribution in [3.8, 4) is 0 Å². The van der Waals surface area contributed by atoms with Crippen LogP contribution in [0.4, 0.5) is 34.8 Å². The van der Waals surface area contributed by atoms with Crippen molar-refractivity contribution in [2.45, 2.75) is 6.42 Å². The average molecular weight is 653 g/mol. The van der Waals surface area contributed by atoms with Crippen molar-refractivity contribution in [3.05, 3.63) is 80.1 Å². The molecule has 0 aliphatic rings. The quantitative estimate of drug-likeness (QED) is 0.227. The summed E-state index contributed by atoms with van der Waals surface area (Å²) in [6.07, 6.45) is 0.433. The number of anilines is 3. The van der Waals surface area contributed by atoms with Crippen LogP contribution in [0.15, 0.2) is 36.5 Å². The normalized spacial score (nSPS) is 11.4. The summed E-state index contributed by atoms with van der Waals surface area (Å²) in [5.74, 6) is -6.81. The third kappa shape index (κ3) is 6.46. The Labute approximate surface area is 223 Å². The van der Waals surface area contributed by atoms with Crippen LogP contribution >= 0.6 is 22.6 Å². The molecule has 0 atom stereocenters. The number of halogens is 5. The van der Waals surface area contributed by atoms with E-state index >= 15 is 13.2 Å². The van der Waals surface area contributed by atoms with Gasteiger partial charge in [-0.15, -0.1) is 0 Å². The van der Waals surface area contributed by atoms with Gasteiger partial charge in [-0.1, -0.05) is 0 Å². The minimum atomic E-state index is -4.46. The molecule has 0 unspecified atom stereocenters. The topological polar surface area (TPSA) is 141 Å². The third-order valence-electron chi connectivity index (χ3n) is 5.11. The second-order valence-corrected chi connectivity index (χ2v) is 10.3. The number of aromatic nitrogens is 1. The highest BCUT2D eigenvalue weighted by molar-refractivity contribution is 14.1. The van der Waals surface area contributed by atoms with Crippen LogP contribution in [0.3, 0.4) is 0 Å². The van der Waals surface area contributed by atoms with E-state index < -0.39 is 68.4 Å². The lowest BCUT2D eigenvalue weighted by atomic mass is 9.99. The van der Waals surface area contributed by atoms with Gasteiger partial charge in [-0.25, -0.2) is 32.0 Å². The smallest absolute Gasteiger partial charge is 0.300 e. The molecule has 9 nitrogen and oxygen atoms in total. The highest BCUT2D eigenvalue weighted by atomic mass is 127. The summed E-state index contributed by atoms with van der Waals surface area (Å²) in [5.41, 5.74) is 3.13. The van der Waals surface area contributed by atoms with Gasteiger partial charge in [-0.05, 0) is 64.0 Å². The Morgan fingerprint density at radius 3 is 2.41 bits per heavy atom. The van der Waals surface area contributed by atoms with Crippen LogP contribution in [-0.4, -0.2) is 39.6 Å². The van der Waals surface area contributed by atoms with E-state index in [4.69, 9.17) is 15.6 Å². The van der Waals surface area contributed by atoms with Crippen molar-refractivity contribution in [1.29, 1.82) is 0 Å². The van der Waals surface area contributed by atoms with E-state index in [-0.39, 0.29) is 24.4 Å².